The van der Waals surface area contributed by atoms with Gasteiger partial charge in [0, 0.05) is 17.8 Å². The molecule has 1 aliphatic carbocycles. The molecule has 1 aromatic rings. The van der Waals surface area contributed by atoms with E-state index in [0.29, 0.717) is 11.3 Å². The van der Waals surface area contributed by atoms with Gasteiger partial charge in [-0.1, -0.05) is 51.3 Å². The SMILES string of the molecule is CCCn1c(SC2CCCCCCC2NCC)n[nH]c1=O. The number of hydrogen-bond donors (Lipinski definition) is 2. The molecule has 5 nitrogen and oxygen atoms in total. The van der Waals surface area contributed by atoms with E-state index in [0.717, 1.165) is 24.7 Å². The second-order valence-electron chi connectivity index (χ2n) is 5.78. The predicted octanol–water partition coefficient (Wildman–Crippen LogP) is 2.77. The van der Waals surface area contributed by atoms with Crippen LogP contribution in [0, 0.1) is 0 Å². The largest absolute Gasteiger partial charge is 0.343 e. The number of hydrogen-bond acceptors (Lipinski definition) is 4. The molecule has 1 fully saturated rings. The summed E-state index contributed by atoms with van der Waals surface area (Å²) in [4.78, 5) is 11.8. The van der Waals surface area contributed by atoms with Crippen LogP contribution >= 0.6 is 11.8 Å². The Kier molecular flexibility index (Phi) is 6.83. The molecule has 0 spiro atoms. The molecule has 1 heterocycles. The summed E-state index contributed by atoms with van der Waals surface area (Å²) in [5.41, 5.74) is -0.0785. The summed E-state index contributed by atoms with van der Waals surface area (Å²) >= 11 is 1.78. The number of rotatable bonds is 6. The van der Waals surface area contributed by atoms with Crippen LogP contribution in [0.4, 0.5) is 0 Å². The highest BCUT2D eigenvalue weighted by atomic mass is 32.2. The molecule has 0 saturated heterocycles. The lowest BCUT2D eigenvalue weighted by molar-refractivity contribution is 0.405. The lowest BCUT2D eigenvalue weighted by Crippen LogP contribution is -2.39. The predicted molar refractivity (Wildman–Crippen MR) is 88.0 cm³/mol. The Morgan fingerprint density at radius 2 is 2.05 bits per heavy atom. The van der Waals surface area contributed by atoms with E-state index in [2.05, 4.69) is 29.4 Å². The van der Waals surface area contributed by atoms with Crippen molar-refractivity contribution in [3.63, 3.8) is 0 Å². The fourth-order valence-corrected chi connectivity index (χ4v) is 4.39. The van der Waals surface area contributed by atoms with Gasteiger partial charge in [0.05, 0.1) is 0 Å². The Labute approximate surface area is 131 Å². The Morgan fingerprint density at radius 1 is 1.29 bits per heavy atom. The minimum absolute atomic E-state index is 0.0785. The zero-order valence-corrected chi connectivity index (χ0v) is 14.0. The van der Waals surface area contributed by atoms with Gasteiger partial charge in [-0.05, 0) is 25.8 Å². The number of aromatic amines is 1. The monoisotopic (exact) mass is 312 g/mol. The van der Waals surface area contributed by atoms with Gasteiger partial charge in [-0.3, -0.25) is 4.57 Å². The zero-order valence-electron chi connectivity index (χ0n) is 13.2. The van der Waals surface area contributed by atoms with Crippen molar-refractivity contribution in [2.24, 2.45) is 0 Å². The first-order chi connectivity index (χ1) is 10.3. The summed E-state index contributed by atoms with van der Waals surface area (Å²) in [6.07, 6.45) is 8.65. The smallest absolute Gasteiger partial charge is 0.313 e. The van der Waals surface area contributed by atoms with Crippen molar-refractivity contribution in [1.29, 1.82) is 0 Å². The normalized spacial score (nSPS) is 23.7. The van der Waals surface area contributed by atoms with E-state index in [1.807, 2.05) is 0 Å². The summed E-state index contributed by atoms with van der Waals surface area (Å²) < 4.78 is 1.78. The molecule has 21 heavy (non-hydrogen) atoms. The molecule has 1 aromatic heterocycles. The van der Waals surface area contributed by atoms with E-state index >= 15 is 0 Å². The molecule has 2 N–H and O–H groups in total. The molecule has 2 rings (SSSR count). The van der Waals surface area contributed by atoms with Crippen molar-refractivity contribution in [1.82, 2.24) is 20.1 Å². The van der Waals surface area contributed by atoms with Crippen LogP contribution in [0.3, 0.4) is 0 Å². The Hall–Kier alpha value is -0.750. The average molecular weight is 312 g/mol. The number of nitrogens with zero attached hydrogens (tertiary/aromatic N) is 2. The average Bonchev–Trinajstić information content (AvgIpc) is 2.79. The second kappa shape index (κ2) is 8.63. The molecule has 1 aliphatic rings. The van der Waals surface area contributed by atoms with Crippen molar-refractivity contribution >= 4 is 11.8 Å². The first kappa shape index (κ1) is 16.6. The van der Waals surface area contributed by atoms with Gasteiger partial charge in [-0.2, -0.15) is 0 Å². The molecule has 2 unspecified atom stereocenters. The maximum atomic E-state index is 11.8. The van der Waals surface area contributed by atoms with Gasteiger partial charge in [0.25, 0.3) is 0 Å². The fraction of sp³-hybridized carbons (Fsp3) is 0.867. The summed E-state index contributed by atoms with van der Waals surface area (Å²) in [7, 11) is 0. The standard InChI is InChI=1S/C15H28N4OS/c1-3-11-19-14(20)17-18-15(19)21-13-10-8-6-5-7-9-12(13)16-4-2/h12-13,16H,3-11H2,1-2H3,(H,17,20). The van der Waals surface area contributed by atoms with Gasteiger partial charge in [0.2, 0.25) is 0 Å². The van der Waals surface area contributed by atoms with Crippen LogP contribution < -0.4 is 11.0 Å². The van der Waals surface area contributed by atoms with Gasteiger partial charge in [0.15, 0.2) is 5.16 Å². The van der Waals surface area contributed by atoms with E-state index in [1.165, 1.54) is 38.5 Å². The highest BCUT2D eigenvalue weighted by molar-refractivity contribution is 7.99. The summed E-state index contributed by atoms with van der Waals surface area (Å²) in [5.74, 6) is 0. The van der Waals surface area contributed by atoms with Gasteiger partial charge in [0.1, 0.15) is 0 Å². The lowest BCUT2D eigenvalue weighted by Gasteiger charge is -2.29. The van der Waals surface area contributed by atoms with Crippen LogP contribution in [0.15, 0.2) is 9.95 Å². The van der Waals surface area contributed by atoms with Crippen molar-refractivity contribution < 1.29 is 0 Å². The number of aromatic nitrogens is 3. The highest BCUT2D eigenvalue weighted by Crippen LogP contribution is 2.31. The van der Waals surface area contributed by atoms with Crippen LogP contribution in [-0.4, -0.2) is 32.6 Å². The molecule has 0 aliphatic heterocycles. The van der Waals surface area contributed by atoms with Crippen LogP contribution in [0.1, 0.15) is 58.8 Å². The third-order valence-electron chi connectivity index (χ3n) is 4.10. The second-order valence-corrected chi connectivity index (χ2v) is 6.98. The molecular weight excluding hydrogens is 284 g/mol. The minimum atomic E-state index is -0.0785. The van der Waals surface area contributed by atoms with E-state index in [9.17, 15) is 4.79 Å². The fourth-order valence-electron chi connectivity index (χ4n) is 3.04. The molecule has 120 valence electrons. The minimum Gasteiger partial charge on any atom is -0.313 e. The first-order valence-corrected chi connectivity index (χ1v) is 9.19. The van der Waals surface area contributed by atoms with Crippen LogP contribution in [-0.2, 0) is 6.54 Å². The third-order valence-corrected chi connectivity index (χ3v) is 5.49. The van der Waals surface area contributed by atoms with Gasteiger partial charge in [-0.15, -0.1) is 5.10 Å². The van der Waals surface area contributed by atoms with Crippen LogP contribution in [0.5, 0.6) is 0 Å². The topological polar surface area (TPSA) is 62.7 Å². The third kappa shape index (κ3) is 4.61. The number of thioether (sulfide) groups is 1. The van der Waals surface area contributed by atoms with E-state index in [1.54, 1.807) is 16.3 Å². The molecule has 0 amide bonds. The van der Waals surface area contributed by atoms with E-state index in [4.69, 9.17) is 0 Å². The van der Waals surface area contributed by atoms with Crippen LogP contribution in [0.25, 0.3) is 0 Å². The van der Waals surface area contributed by atoms with Gasteiger partial charge >= 0.3 is 5.69 Å². The molecular formula is C15H28N4OS. The van der Waals surface area contributed by atoms with E-state index in [-0.39, 0.29) is 5.69 Å². The Morgan fingerprint density at radius 3 is 2.76 bits per heavy atom. The quantitative estimate of drug-likeness (QED) is 0.848. The molecule has 1 saturated carbocycles. The van der Waals surface area contributed by atoms with E-state index < -0.39 is 0 Å². The maximum absolute atomic E-state index is 11.8. The molecule has 0 aromatic carbocycles. The molecule has 0 radical (unpaired) electrons. The van der Waals surface area contributed by atoms with Gasteiger partial charge < -0.3 is 5.32 Å². The Balaban J connectivity index is 2.11. The van der Waals surface area contributed by atoms with Crippen LogP contribution in [0.2, 0.25) is 0 Å². The van der Waals surface area contributed by atoms with Crippen molar-refractivity contribution in [3.05, 3.63) is 10.5 Å². The molecule has 2 atom stereocenters. The first-order valence-electron chi connectivity index (χ1n) is 8.31. The summed E-state index contributed by atoms with van der Waals surface area (Å²) in [6, 6.07) is 0.530. The molecule has 0 bridgehead atoms. The van der Waals surface area contributed by atoms with Crippen molar-refractivity contribution in [2.45, 2.75) is 81.8 Å². The zero-order chi connectivity index (χ0) is 15.1. The molecule has 6 heteroatoms. The maximum Gasteiger partial charge on any atom is 0.343 e. The summed E-state index contributed by atoms with van der Waals surface area (Å²) in [6.45, 7) is 6.01. The summed E-state index contributed by atoms with van der Waals surface area (Å²) in [5, 5.41) is 11.8. The van der Waals surface area contributed by atoms with Gasteiger partial charge in [-0.25, -0.2) is 9.89 Å². The number of H-pyrrole nitrogens is 1. The highest BCUT2D eigenvalue weighted by Gasteiger charge is 2.25. The van der Waals surface area contributed by atoms with Crippen molar-refractivity contribution in [3.8, 4) is 0 Å². The Bertz CT molecular complexity index is 470. The van der Waals surface area contributed by atoms with Crippen molar-refractivity contribution in [2.75, 3.05) is 6.54 Å². The number of nitrogens with one attached hydrogen (secondary N) is 2. The lowest BCUT2D eigenvalue weighted by atomic mass is 9.96.